The van der Waals surface area contributed by atoms with E-state index in [-0.39, 0.29) is 163 Å². The summed E-state index contributed by atoms with van der Waals surface area (Å²) in [5, 5.41) is 0. The van der Waals surface area contributed by atoms with Gasteiger partial charge in [-0.25, -0.2) is 0 Å². The molecular weight excluding hydrogens is 489 g/mol. The minimum Gasteiger partial charge on any atom is -1.00 e. The van der Waals surface area contributed by atoms with Crippen LogP contribution in [0.4, 0.5) is 0 Å². The van der Waals surface area contributed by atoms with Crippen LogP contribution in [0.5, 0.6) is 0 Å². The number of halogens is 4. The van der Waals surface area contributed by atoms with Gasteiger partial charge in [-0.1, -0.05) is 0 Å². The third-order valence-electron chi connectivity index (χ3n) is 0. The molecule has 21 heavy (non-hydrogen) atoms. The smallest absolute Gasteiger partial charge is 1.00 e. The Bertz CT molecular complexity index is 20.2. The minimum atomic E-state index is 0. The standard InChI is InChI=1S/4ClH.16H2O.Zr/h4*1H;16*1H2;/q;;;;;;;;;;;;;;;;;;;;+4/p-4. The van der Waals surface area contributed by atoms with Gasteiger partial charge < -0.3 is 137 Å². The molecule has 21 heteroatoms. The van der Waals surface area contributed by atoms with E-state index < -0.39 is 0 Å². The first-order valence-corrected chi connectivity index (χ1v) is 0. The SMILES string of the molecule is O.O.O.O.O.O.O.O.O.O.O.O.O.O.O.O.[Cl-].[Cl-].[Cl-].[Cl-].[Zr+4]. The molecule has 16 nitrogen and oxygen atoms in total. The molecular formula is H32Cl4O16Zr. The van der Waals surface area contributed by atoms with Gasteiger partial charge in [0.15, 0.2) is 0 Å². The van der Waals surface area contributed by atoms with Crippen molar-refractivity contribution in [3.05, 3.63) is 0 Å². The first-order valence-electron chi connectivity index (χ1n) is 0. The summed E-state index contributed by atoms with van der Waals surface area (Å²) in [6, 6.07) is 0. The summed E-state index contributed by atoms with van der Waals surface area (Å²) in [6.07, 6.45) is 0. The average molecular weight is 521 g/mol. The zero-order valence-corrected chi connectivity index (χ0v) is 15.5. The quantitative estimate of drug-likeness (QED) is 0.286. The molecule has 0 aliphatic heterocycles. The molecule has 0 spiro atoms. The van der Waals surface area contributed by atoms with Crippen LogP contribution in [0.3, 0.4) is 0 Å². The predicted octanol–water partition coefficient (Wildman–Crippen LogP) is -25.2. The van der Waals surface area contributed by atoms with Crippen LogP contribution < -0.4 is 49.6 Å². The summed E-state index contributed by atoms with van der Waals surface area (Å²) in [5.74, 6) is 0. The maximum atomic E-state index is 0. The third-order valence-corrected chi connectivity index (χ3v) is 0. The number of hydrogen-bond acceptors (Lipinski definition) is 0. The molecule has 0 aromatic carbocycles. The van der Waals surface area contributed by atoms with E-state index in [0.29, 0.717) is 0 Å². The van der Waals surface area contributed by atoms with Crippen molar-refractivity contribution in [3.8, 4) is 0 Å². The van der Waals surface area contributed by atoms with Crippen molar-refractivity contribution in [2.75, 3.05) is 0 Å². The van der Waals surface area contributed by atoms with Crippen molar-refractivity contribution in [1.82, 2.24) is 0 Å². The molecule has 0 atom stereocenters. The van der Waals surface area contributed by atoms with Gasteiger partial charge in [-0.2, -0.15) is 0 Å². The van der Waals surface area contributed by atoms with Gasteiger partial charge in [-0.3, -0.25) is 0 Å². The Hall–Kier alpha value is 1.40. The van der Waals surface area contributed by atoms with Gasteiger partial charge in [0.2, 0.25) is 0 Å². The molecule has 0 saturated carbocycles. The Morgan fingerprint density at radius 1 is 0.143 bits per heavy atom. The van der Waals surface area contributed by atoms with Crippen molar-refractivity contribution < 1.29 is 163 Å². The zero-order valence-electron chi connectivity index (χ0n) is 10.0. The largest absolute Gasteiger partial charge is 4.00 e. The molecule has 0 bridgehead atoms. The van der Waals surface area contributed by atoms with Gasteiger partial charge in [0.1, 0.15) is 0 Å². The summed E-state index contributed by atoms with van der Waals surface area (Å²) in [4.78, 5) is 0. The van der Waals surface area contributed by atoms with Crippen LogP contribution in [0.1, 0.15) is 0 Å². The molecule has 0 heterocycles. The summed E-state index contributed by atoms with van der Waals surface area (Å²) in [7, 11) is 0. The Morgan fingerprint density at radius 3 is 0.143 bits per heavy atom. The second kappa shape index (κ2) is 4530. The van der Waals surface area contributed by atoms with Crippen molar-refractivity contribution in [3.63, 3.8) is 0 Å². The van der Waals surface area contributed by atoms with E-state index >= 15 is 0 Å². The molecule has 32 N–H and O–H groups in total. The van der Waals surface area contributed by atoms with Gasteiger partial charge in [0, 0.05) is 0 Å². The van der Waals surface area contributed by atoms with Gasteiger partial charge in [-0.15, -0.1) is 0 Å². The Morgan fingerprint density at radius 2 is 0.143 bits per heavy atom. The fourth-order valence-electron chi connectivity index (χ4n) is 0. The van der Waals surface area contributed by atoms with Crippen LogP contribution >= 0.6 is 0 Å². The summed E-state index contributed by atoms with van der Waals surface area (Å²) in [6.45, 7) is 0. The number of hydrogen-bond donors (Lipinski definition) is 0. The Labute approximate surface area is 163 Å². The molecule has 0 aromatic rings. The summed E-state index contributed by atoms with van der Waals surface area (Å²) >= 11 is 0. The van der Waals surface area contributed by atoms with E-state index in [1.807, 2.05) is 0 Å². The van der Waals surface area contributed by atoms with E-state index in [9.17, 15) is 0 Å². The van der Waals surface area contributed by atoms with E-state index in [1.165, 1.54) is 0 Å². The van der Waals surface area contributed by atoms with Crippen LogP contribution in [-0.2, 0) is 26.2 Å². The average Bonchev–Trinajstić information content (AvgIpc) is 0. The second-order valence-corrected chi connectivity index (χ2v) is 0. The molecule has 0 fully saturated rings. The molecule has 160 valence electrons. The molecule has 0 amide bonds. The first-order chi connectivity index (χ1) is 0. The van der Waals surface area contributed by atoms with Gasteiger partial charge >= 0.3 is 26.2 Å². The van der Waals surface area contributed by atoms with E-state index in [4.69, 9.17) is 0 Å². The van der Waals surface area contributed by atoms with Gasteiger partial charge in [-0.05, 0) is 0 Å². The zero-order chi connectivity index (χ0) is 0. The van der Waals surface area contributed by atoms with E-state index in [2.05, 4.69) is 0 Å². The molecule has 0 aliphatic carbocycles. The second-order valence-electron chi connectivity index (χ2n) is 0. The predicted molar refractivity (Wildman–Crippen MR) is 57.8 cm³/mol. The van der Waals surface area contributed by atoms with Crippen LogP contribution in [0, 0.1) is 0 Å². The van der Waals surface area contributed by atoms with Crippen molar-refractivity contribution >= 4 is 0 Å². The van der Waals surface area contributed by atoms with Crippen LogP contribution in [0.2, 0.25) is 0 Å². The maximum Gasteiger partial charge on any atom is 4.00 e. The molecule has 0 rings (SSSR count). The van der Waals surface area contributed by atoms with Gasteiger partial charge in [0.25, 0.3) is 0 Å². The van der Waals surface area contributed by atoms with Crippen molar-refractivity contribution in [2.45, 2.75) is 0 Å². The van der Waals surface area contributed by atoms with Gasteiger partial charge in [0.05, 0.1) is 0 Å². The monoisotopic (exact) mass is 518 g/mol. The molecule has 0 aromatic heterocycles. The van der Waals surface area contributed by atoms with Crippen molar-refractivity contribution in [1.29, 1.82) is 0 Å². The molecule has 0 saturated heterocycles. The van der Waals surface area contributed by atoms with Crippen molar-refractivity contribution in [2.24, 2.45) is 0 Å². The summed E-state index contributed by atoms with van der Waals surface area (Å²) in [5.41, 5.74) is 0. The fourth-order valence-corrected chi connectivity index (χ4v) is 0. The minimum absolute atomic E-state index is 0. The topological polar surface area (TPSA) is 504 Å². The maximum absolute atomic E-state index is 0. The molecule has 0 aliphatic rings. The fraction of sp³-hybridized carbons (Fsp3) is 0. The Balaban J connectivity index is 0. The molecule has 0 radical (unpaired) electrons. The molecule has 0 unspecified atom stereocenters. The summed E-state index contributed by atoms with van der Waals surface area (Å²) < 4.78 is 0. The normalized spacial score (nSPS) is 0. The van der Waals surface area contributed by atoms with Crippen LogP contribution in [0.15, 0.2) is 0 Å². The number of rotatable bonds is 0. The first kappa shape index (κ1) is 5210. The Kier molecular flexibility index (Phi) is 1120000. The third kappa shape index (κ3) is 4090. The van der Waals surface area contributed by atoms with E-state index in [1.54, 1.807) is 0 Å². The van der Waals surface area contributed by atoms with Crippen LogP contribution in [-0.4, -0.2) is 87.6 Å². The van der Waals surface area contributed by atoms with E-state index in [0.717, 1.165) is 0 Å². The van der Waals surface area contributed by atoms with Crippen LogP contribution in [0.25, 0.3) is 0 Å².